The van der Waals surface area contributed by atoms with Crippen molar-refractivity contribution in [1.29, 1.82) is 0 Å². The Kier molecular flexibility index (Phi) is 6.83. The SMILES string of the molecule is [C-]#[N+]c1ccc(O[C@H]2CN(S(=O)(=O)c3ccc(Cl)cn3)C[C@@]2(O)[C@H](O)CCC)cc1F. The van der Waals surface area contributed by atoms with Gasteiger partial charge in [0.15, 0.2) is 5.03 Å². The maximum absolute atomic E-state index is 14.0. The molecule has 0 bridgehead atoms. The summed E-state index contributed by atoms with van der Waals surface area (Å²) in [5.41, 5.74) is -2.14. The standard InChI is InChI=1S/C20H21ClFN3O5S/c1-3-4-17(26)20(27)12-25(31(28,29)19-8-5-13(21)10-24-19)11-18(20)30-14-6-7-16(23-2)15(22)9-14/h5-10,17-18,26-27H,3-4,11-12H2,1H3/t17-,18+,20-/m1/s1. The molecule has 2 aromatic rings. The molecule has 3 atom stereocenters. The van der Waals surface area contributed by atoms with Crippen LogP contribution in [0.15, 0.2) is 41.6 Å². The first kappa shape index (κ1) is 23.4. The van der Waals surface area contributed by atoms with Gasteiger partial charge >= 0.3 is 0 Å². The first-order valence-electron chi connectivity index (χ1n) is 9.47. The van der Waals surface area contributed by atoms with Gasteiger partial charge in [-0.3, -0.25) is 0 Å². The smallest absolute Gasteiger partial charge is 0.260 e. The summed E-state index contributed by atoms with van der Waals surface area (Å²) in [7, 11) is -4.12. The number of aliphatic hydroxyl groups excluding tert-OH is 1. The summed E-state index contributed by atoms with van der Waals surface area (Å²) < 4.78 is 46.7. The third-order valence-corrected chi connectivity index (χ3v) is 7.07. The minimum absolute atomic E-state index is 0.000823. The normalized spacial score (nSPS) is 22.8. The van der Waals surface area contributed by atoms with E-state index in [2.05, 4.69) is 9.83 Å². The van der Waals surface area contributed by atoms with E-state index in [-0.39, 0.29) is 34.5 Å². The topological polar surface area (TPSA) is 104 Å². The highest BCUT2D eigenvalue weighted by Gasteiger charge is 2.55. The zero-order valence-electron chi connectivity index (χ0n) is 16.6. The van der Waals surface area contributed by atoms with E-state index < -0.39 is 40.2 Å². The summed E-state index contributed by atoms with van der Waals surface area (Å²) in [4.78, 5) is 6.87. The fraction of sp³-hybridized carbons (Fsp3) is 0.400. The molecule has 1 aromatic heterocycles. The number of hydrogen-bond acceptors (Lipinski definition) is 6. The second-order valence-corrected chi connectivity index (χ2v) is 9.56. The van der Waals surface area contributed by atoms with E-state index in [1.165, 1.54) is 30.5 Å². The highest BCUT2D eigenvalue weighted by atomic mass is 35.5. The van der Waals surface area contributed by atoms with E-state index in [0.717, 1.165) is 10.4 Å². The van der Waals surface area contributed by atoms with Crippen LogP contribution in [0.4, 0.5) is 10.1 Å². The Balaban J connectivity index is 1.93. The molecule has 0 aliphatic carbocycles. The number of pyridine rings is 1. The molecule has 166 valence electrons. The van der Waals surface area contributed by atoms with Crippen molar-refractivity contribution >= 4 is 27.3 Å². The van der Waals surface area contributed by atoms with E-state index in [0.29, 0.717) is 6.42 Å². The number of β-amino-alcohol motifs (C(OH)–C–C–N with tert-alkyl or cyclic N) is 1. The third-order valence-electron chi connectivity index (χ3n) is 5.12. The van der Waals surface area contributed by atoms with Gasteiger partial charge in [0, 0.05) is 18.8 Å². The molecule has 2 heterocycles. The molecule has 1 aromatic carbocycles. The van der Waals surface area contributed by atoms with Crippen LogP contribution < -0.4 is 4.74 Å². The number of aliphatic hydroxyl groups is 2. The van der Waals surface area contributed by atoms with E-state index in [4.69, 9.17) is 22.9 Å². The molecule has 0 unspecified atom stereocenters. The van der Waals surface area contributed by atoms with Gasteiger partial charge in [-0.05, 0) is 30.7 Å². The van der Waals surface area contributed by atoms with Crippen LogP contribution in [0.2, 0.25) is 5.02 Å². The van der Waals surface area contributed by atoms with Crippen LogP contribution in [0.3, 0.4) is 0 Å². The van der Waals surface area contributed by atoms with E-state index >= 15 is 0 Å². The van der Waals surface area contributed by atoms with Crippen molar-refractivity contribution in [3.8, 4) is 5.75 Å². The minimum atomic E-state index is -4.12. The fourth-order valence-electron chi connectivity index (χ4n) is 3.42. The Hall–Kier alpha value is -2.29. The summed E-state index contributed by atoms with van der Waals surface area (Å²) >= 11 is 5.78. The van der Waals surface area contributed by atoms with Gasteiger partial charge in [-0.2, -0.15) is 4.31 Å². The minimum Gasteiger partial charge on any atom is -0.486 e. The van der Waals surface area contributed by atoms with Gasteiger partial charge in [-0.1, -0.05) is 24.9 Å². The number of hydrogen-bond donors (Lipinski definition) is 2. The van der Waals surface area contributed by atoms with Crippen molar-refractivity contribution in [2.24, 2.45) is 0 Å². The molecular weight excluding hydrogens is 449 g/mol. The Morgan fingerprint density at radius 1 is 1.45 bits per heavy atom. The number of aromatic nitrogens is 1. The molecular formula is C20H21ClFN3O5S. The van der Waals surface area contributed by atoms with Crippen molar-refractivity contribution in [2.75, 3.05) is 13.1 Å². The second-order valence-electron chi connectivity index (χ2n) is 7.24. The van der Waals surface area contributed by atoms with E-state index in [1.807, 2.05) is 6.92 Å². The maximum atomic E-state index is 14.0. The zero-order valence-corrected chi connectivity index (χ0v) is 18.1. The van der Waals surface area contributed by atoms with Crippen molar-refractivity contribution in [3.63, 3.8) is 0 Å². The quantitative estimate of drug-likeness (QED) is 0.604. The van der Waals surface area contributed by atoms with Crippen molar-refractivity contribution in [1.82, 2.24) is 9.29 Å². The molecule has 0 saturated carbocycles. The summed E-state index contributed by atoms with van der Waals surface area (Å²) in [6.07, 6.45) is -0.537. The molecule has 1 saturated heterocycles. The van der Waals surface area contributed by atoms with Crippen LogP contribution >= 0.6 is 11.6 Å². The Morgan fingerprint density at radius 2 is 2.19 bits per heavy atom. The van der Waals surface area contributed by atoms with Gasteiger partial charge < -0.3 is 14.9 Å². The van der Waals surface area contributed by atoms with E-state index in [9.17, 15) is 23.0 Å². The van der Waals surface area contributed by atoms with Crippen molar-refractivity contribution < 1.29 is 27.8 Å². The number of benzene rings is 1. The molecule has 1 aliphatic rings. The molecule has 3 rings (SSSR count). The van der Waals surface area contributed by atoms with Gasteiger partial charge in [-0.15, -0.1) is 0 Å². The number of halogens is 2. The summed E-state index contributed by atoms with van der Waals surface area (Å²) in [5.74, 6) is -0.807. The Labute approximate surface area is 184 Å². The summed E-state index contributed by atoms with van der Waals surface area (Å²) in [5, 5.41) is 21.8. The molecule has 0 radical (unpaired) electrons. The molecule has 0 spiro atoms. The summed E-state index contributed by atoms with van der Waals surface area (Å²) in [6, 6.07) is 6.18. The van der Waals surface area contributed by atoms with Crippen molar-refractivity contribution in [2.45, 2.75) is 42.6 Å². The zero-order chi connectivity index (χ0) is 22.8. The molecule has 11 heteroatoms. The summed E-state index contributed by atoms with van der Waals surface area (Å²) in [6.45, 7) is 7.99. The predicted octanol–water partition coefficient (Wildman–Crippen LogP) is 2.77. The van der Waals surface area contributed by atoms with Gasteiger partial charge in [0.05, 0.1) is 24.2 Å². The second kappa shape index (κ2) is 9.06. The van der Waals surface area contributed by atoms with Crippen molar-refractivity contribution in [3.05, 3.63) is 58.8 Å². The van der Waals surface area contributed by atoms with Crippen LogP contribution in [0, 0.1) is 12.4 Å². The van der Waals surface area contributed by atoms with Crippen LogP contribution in [-0.2, 0) is 10.0 Å². The Bertz CT molecular complexity index is 1090. The monoisotopic (exact) mass is 469 g/mol. The Morgan fingerprint density at radius 3 is 2.77 bits per heavy atom. The molecule has 8 nitrogen and oxygen atoms in total. The number of rotatable bonds is 7. The van der Waals surface area contributed by atoms with Gasteiger partial charge in [0.2, 0.25) is 5.69 Å². The average Bonchev–Trinajstić information content (AvgIpc) is 3.07. The largest absolute Gasteiger partial charge is 0.486 e. The highest BCUT2D eigenvalue weighted by molar-refractivity contribution is 7.89. The molecule has 2 N–H and O–H groups in total. The molecule has 31 heavy (non-hydrogen) atoms. The number of ether oxygens (including phenoxy) is 1. The van der Waals surface area contributed by atoms with Gasteiger partial charge in [0.25, 0.3) is 10.0 Å². The van der Waals surface area contributed by atoms with Crippen LogP contribution in [-0.4, -0.2) is 58.8 Å². The van der Waals surface area contributed by atoms with Gasteiger partial charge in [0.1, 0.15) is 23.3 Å². The first-order chi connectivity index (χ1) is 14.6. The maximum Gasteiger partial charge on any atom is 0.260 e. The highest BCUT2D eigenvalue weighted by Crippen LogP contribution is 2.35. The molecule has 0 amide bonds. The molecule has 1 aliphatic heterocycles. The van der Waals surface area contributed by atoms with E-state index in [1.54, 1.807) is 0 Å². The lowest BCUT2D eigenvalue weighted by Gasteiger charge is -2.33. The lowest BCUT2D eigenvalue weighted by molar-refractivity contribution is -0.114. The van der Waals surface area contributed by atoms with Crippen LogP contribution in [0.1, 0.15) is 19.8 Å². The van der Waals surface area contributed by atoms with Crippen LogP contribution in [0.5, 0.6) is 5.75 Å². The fourth-order valence-corrected chi connectivity index (χ4v) is 4.93. The lowest BCUT2D eigenvalue weighted by atomic mass is 9.90. The van der Waals surface area contributed by atoms with Gasteiger partial charge in [-0.25, -0.2) is 22.6 Å². The number of sulfonamides is 1. The van der Waals surface area contributed by atoms with Crippen LogP contribution in [0.25, 0.3) is 4.85 Å². The predicted molar refractivity (Wildman–Crippen MR) is 111 cm³/mol. The molecule has 1 fully saturated rings. The third kappa shape index (κ3) is 4.66. The average molecular weight is 470 g/mol. The number of nitrogens with zero attached hydrogens (tertiary/aromatic N) is 3. The first-order valence-corrected chi connectivity index (χ1v) is 11.3. The lowest BCUT2D eigenvalue weighted by Crippen LogP contribution is -2.54.